The second kappa shape index (κ2) is 13.0. The lowest BCUT2D eigenvalue weighted by atomic mass is 9.91. The van der Waals surface area contributed by atoms with E-state index in [1.54, 1.807) is 4.90 Å². The average molecular weight is 553 g/mol. The number of rotatable bonds is 3. The normalized spacial score (nSPS) is 28.5. The maximum absolute atomic E-state index is 13.0. The molecular formula is C31H44N4O5. The van der Waals surface area contributed by atoms with Gasteiger partial charge in [-0.15, -0.1) is 0 Å². The molecule has 9 heteroatoms. The molecule has 0 spiro atoms. The summed E-state index contributed by atoms with van der Waals surface area (Å²) < 4.78 is 13.9. The van der Waals surface area contributed by atoms with Gasteiger partial charge in [-0.2, -0.15) is 5.10 Å². The van der Waals surface area contributed by atoms with Gasteiger partial charge in [0, 0.05) is 44.5 Å². The quantitative estimate of drug-likeness (QED) is 0.447. The summed E-state index contributed by atoms with van der Waals surface area (Å²) in [5.41, 5.74) is 3.85. The molecule has 3 heterocycles. The molecule has 1 amide bonds. The Morgan fingerprint density at radius 1 is 1.12 bits per heavy atom. The Morgan fingerprint density at radius 3 is 2.58 bits per heavy atom. The molecule has 0 bridgehead atoms. The van der Waals surface area contributed by atoms with Crippen LogP contribution in [0.4, 0.5) is 4.79 Å². The van der Waals surface area contributed by atoms with Crippen molar-refractivity contribution in [2.75, 3.05) is 33.2 Å². The number of hydrogen-bond acceptors (Lipinski definition) is 7. The lowest BCUT2D eigenvalue weighted by molar-refractivity contribution is -0.151. The van der Waals surface area contributed by atoms with Crippen molar-refractivity contribution in [2.45, 2.75) is 65.3 Å². The second-order valence-corrected chi connectivity index (χ2v) is 11.5. The molecule has 1 saturated heterocycles. The van der Waals surface area contributed by atoms with E-state index in [4.69, 9.17) is 9.47 Å². The maximum atomic E-state index is 13.0. The van der Waals surface area contributed by atoms with Gasteiger partial charge in [-0.25, -0.2) is 4.79 Å². The van der Waals surface area contributed by atoms with Crippen LogP contribution in [0.2, 0.25) is 0 Å². The van der Waals surface area contributed by atoms with Crippen LogP contribution >= 0.6 is 0 Å². The van der Waals surface area contributed by atoms with Crippen LogP contribution in [-0.2, 0) is 21.3 Å². The predicted octanol–water partition coefficient (Wildman–Crippen LogP) is 4.32. The molecule has 0 unspecified atom stereocenters. The number of carbonyl (C=O) groups is 2. The number of carbonyl (C=O) groups excluding carboxylic acids is 2. The number of ether oxygens (including phenoxy) is 2. The molecule has 218 valence electrons. The second-order valence-electron chi connectivity index (χ2n) is 11.5. The highest BCUT2D eigenvalue weighted by Gasteiger charge is 2.29. The Kier molecular flexibility index (Phi) is 9.68. The summed E-state index contributed by atoms with van der Waals surface area (Å²) in [6.07, 6.45) is 4.80. The molecule has 40 heavy (non-hydrogen) atoms. The first-order chi connectivity index (χ1) is 19.0. The summed E-state index contributed by atoms with van der Waals surface area (Å²) in [6, 6.07) is 6.07. The summed E-state index contributed by atoms with van der Waals surface area (Å²) in [5, 5.41) is 16.2. The van der Waals surface area contributed by atoms with Crippen molar-refractivity contribution in [1.29, 1.82) is 0 Å². The Balaban J connectivity index is 1.61. The van der Waals surface area contributed by atoms with Crippen LogP contribution in [0.15, 0.2) is 35.9 Å². The van der Waals surface area contributed by atoms with Gasteiger partial charge in [-0.1, -0.05) is 38.1 Å². The van der Waals surface area contributed by atoms with Crippen LogP contribution in [0.5, 0.6) is 0 Å². The van der Waals surface area contributed by atoms with Crippen molar-refractivity contribution in [1.82, 2.24) is 19.6 Å². The average Bonchev–Trinajstić information content (AvgIpc) is 3.21. The van der Waals surface area contributed by atoms with E-state index < -0.39 is 24.3 Å². The first-order valence-corrected chi connectivity index (χ1v) is 14.3. The Bertz CT molecular complexity index is 1260. The van der Waals surface area contributed by atoms with Crippen molar-refractivity contribution in [3.05, 3.63) is 47.2 Å². The molecule has 1 aromatic heterocycles. The van der Waals surface area contributed by atoms with Crippen LogP contribution in [0.1, 0.15) is 51.3 Å². The van der Waals surface area contributed by atoms with Crippen molar-refractivity contribution in [3.8, 4) is 0 Å². The van der Waals surface area contributed by atoms with Gasteiger partial charge in [0.1, 0.15) is 12.2 Å². The minimum Gasteiger partial charge on any atom is -0.457 e. The van der Waals surface area contributed by atoms with Crippen LogP contribution < -0.4 is 0 Å². The van der Waals surface area contributed by atoms with Crippen LogP contribution in [0.25, 0.3) is 17.0 Å². The van der Waals surface area contributed by atoms with Gasteiger partial charge in [0.15, 0.2) is 0 Å². The van der Waals surface area contributed by atoms with E-state index >= 15 is 0 Å². The van der Waals surface area contributed by atoms with E-state index in [1.165, 1.54) is 0 Å². The zero-order valence-electron chi connectivity index (χ0n) is 24.7. The number of amides is 1. The van der Waals surface area contributed by atoms with Gasteiger partial charge < -0.3 is 24.4 Å². The fourth-order valence-corrected chi connectivity index (χ4v) is 5.63. The summed E-state index contributed by atoms with van der Waals surface area (Å²) in [6.45, 7) is 10.9. The van der Waals surface area contributed by atoms with E-state index in [0.29, 0.717) is 25.9 Å². The molecule has 0 radical (unpaired) electrons. The van der Waals surface area contributed by atoms with Gasteiger partial charge in [-0.05, 0) is 62.9 Å². The monoisotopic (exact) mass is 552 g/mol. The molecule has 1 fully saturated rings. The number of aryl methyl sites for hydroxylation is 2. The van der Waals surface area contributed by atoms with E-state index in [2.05, 4.69) is 16.1 Å². The van der Waals surface area contributed by atoms with Crippen LogP contribution in [0, 0.1) is 18.8 Å². The maximum Gasteiger partial charge on any atom is 0.410 e. The number of aromatic nitrogens is 2. The Morgan fingerprint density at radius 2 is 1.85 bits per heavy atom. The number of piperazine rings is 1. The summed E-state index contributed by atoms with van der Waals surface area (Å²) in [4.78, 5) is 29.8. The zero-order chi connectivity index (χ0) is 29.0. The SMILES string of the molecule is C/C(=C\c1cccc2c1c(C)nn2C)[C@H]1OC(=O)C[C@H](O)CC[C@H](C)[C@@H](OC(=O)N2CCN(C)CC2)/C=C/[C@@H]1C. The van der Waals surface area contributed by atoms with Crippen molar-refractivity contribution >= 4 is 29.0 Å². The smallest absolute Gasteiger partial charge is 0.410 e. The van der Waals surface area contributed by atoms with Crippen LogP contribution in [0.3, 0.4) is 0 Å². The van der Waals surface area contributed by atoms with Gasteiger partial charge in [0.05, 0.1) is 23.7 Å². The van der Waals surface area contributed by atoms with E-state index in [-0.39, 0.29) is 24.3 Å². The number of benzene rings is 1. The molecule has 2 aliphatic heterocycles. The van der Waals surface area contributed by atoms with E-state index in [1.807, 2.05) is 76.8 Å². The number of fused-ring (bicyclic) bond motifs is 1. The molecule has 2 aliphatic rings. The third-order valence-corrected chi connectivity index (χ3v) is 8.17. The number of esters is 1. The summed E-state index contributed by atoms with van der Waals surface area (Å²) >= 11 is 0. The topological polar surface area (TPSA) is 97.1 Å². The van der Waals surface area contributed by atoms with Gasteiger partial charge in [0.25, 0.3) is 0 Å². The number of cyclic esters (lactones) is 1. The molecule has 4 rings (SSSR count). The summed E-state index contributed by atoms with van der Waals surface area (Å²) in [7, 11) is 3.97. The highest BCUT2D eigenvalue weighted by atomic mass is 16.6. The molecule has 9 nitrogen and oxygen atoms in total. The molecule has 1 N–H and O–H groups in total. The van der Waals surface area contributed by atoms with Gasteiger partial charge >= 0.3 is 12.1 Å². The van der Waals surface area contributed by atoms with Crippen molar-refractivity contribution < 1.29 is 24.2 Å². The molecular weight excluding hydrogens is 508 g/mol. The molecule has 2 aromatic rings. The lowest BCUT2D eigenvalue weighted by Crippen LogP contribution is -2.48. The zero-order valence-corrected chi connectivity index (χ0v) is 24.7. The first-order valence-electron chi connectivity index (χ1n) is 14.3. The lowest BCUT2D eigenvalue weighted by Gasteiger charge is -2.33. The molecule has 0 saturated carbocycles. The van der Waals surface area contributed by atoms with Crippen molar-refractivity contribution in [3.63, 3.8) is 0 Å². The van der Waals surface area contributed by atoms with E-state index in [9.17, 15) is 14.7 Å². The van der Waals surface area contributed by atoms with Gasteiger partial charge in [-0.3, -0.25) is 9.48 Å². The molecule has 5 atom stereocenters. The number of aliphatic hydroxyl groups excluding tert-OH is 1. The minimum absolute atomic E-state index is 0.0220. The molecule has 0 aliphatic carbocycles. The van der Waals surface area contributed by atoms with Crippen molar-refractivity contribution in [2.24, 2.45) is 18.9 Å². The predicted molar refractivity (Wildman–Crippen MR) is 156 cm³/mol. The largest absolute Gasteiger partial charge is 0.457 e. The third kappa shape index (κ3) is 7.12. The fraction of sp³-hybridized carbons (Fsp3) is 0.581. The molecule has 1 aromatic carbocycles. The first kappa shape index (κ1) is 29.8. The minimum atomic E-state index is -0.820. The Hall–Kier alpha value is -3.17. The number of aliphatic hydroxyl groups is 1. The fourth-order valence-electron chi connectivity index (χ4n) is 5.63. The highest BCUT2D eigenvalue weighted by molar-refractivity contribution is 5.91. The summed E-state index contributed by atoms with van der Waals surface area (Å²) in [5.74, 6) is -0.637. The standard InChI is InChI=1S/C31H44N4O5/c1-20-10-12-25(36)19-28(37)40-30(22(3)18-24-8-7-9-26-29(24)23(4)32-34(26)6)21(2)11-13-27(20)39-31(38)35-16-14-33(5)15-17-35/h7-9,11,13,18,20-21,25,27,30,36H,10,12,14-17,19H2,1-6H3/b13-11+,22-18+/t20-,21-,25+,27-,30-/m0/s1. The Labute approximate surface area is 237 Å². The number of nitrogens with zero attached hydrogens (tertiary/aromatic N) is 4. The number of hydrogen-bond donors (Lipinski definition) is 1. The third-order valence-electron chi connectivity index (χ3n) is 8.17. The van der Waals surface area contributed by atoms with Crippen LogP contribution in [-0.4, -0.2) is 88.3 Å². The van der Waals surface area contributed by atoms with E-state index in [0.717, 1.165) is 40.8 Å². The highest BCUT2D eigenvalue weighted by Crippen LogP contribution is 2.28. The number of likely N-dealkylation sites (N-methyl/N-ethyl adjacent to an activating group) is 1. The van der Waals surface area contributed by atoms with Gasteiger partial charge in [0.2, 0.25) is 0 Å².